The van der Waals surface area contributed by atoms with E-state index in [1.54, 1.807) is 23.1 Å². The van der Waals surface area contributed by atoms with Crippen molar-refractivity contribution in [3.63, 3.8) is 0 Å². The van der Waals surface area contributed by atoms with Crippen molar-refractivity contribution < 1.29 is 13.6 Å². The highest BCUT2D eigenvalue weighted by atomic mass is 19.3. The van der Waals surface area contributed by atoms with Crippen molar-refractivity contribution >= 4 is 34.7 Å². The van der Waals surface area contributed by atoms with Crippen LogP contribution in [-0.4, -0.2) is 57.6 Å². The minimum Gasteiger partial charge on any atom is -0.399 e. The zero-order valence-electron chi connectivity index (χ0n) is 21.4. The number of amides is 1. The van der Waals surface area contributed by atoms with Crippen LogP contribution in [0.1, 0.15) is 62.7 Å². The van der Waals surface area contributed by atoms with E-state index < -0.39 is 5.92 Å². The minimum atomic E-state index is -2.68. The molecular formula is C26H34F2N8O. The van der Waals surface area contributed by atoms with Crippen molar-refractivity contribution in [2.24, 2.45) is 5.41 Å². The van der Waals surface area contributed by atoms with Crippen molar-refractivity contribution in [3.8, 4) is 0 Å². The Morgan fingerprint density at radius 3 is 2.32 bits per heavy atom. The SMILES string of the molecule is CC.Nc1ccc(C(=O)Nc2cc3ncnn3c(N3CCC(F)(F)CC3)n2)c(N2CCC3(CC2)CC3)c1. The first-order valence-electron chi connectivity index (χ1n) is 13.1. The summed E-state index contributed by atoms with van der Waals surface area (Å²) in [6.45, 7) is 6.09. The van der Waals surface area contributed by atoms with Crippen molar-refractivity contribution in [1.82, 2.24) is 19.6 Å². The van der Waals surface area contributed by atoms with Crippen LogP contribution in [0.5, 0.6) is 0 Å². The van der Waals surface area contributed by atoms with E-state index in [2.05, 4.69) is 25.3 Å². The van der Waals surface area contributed by atoms with Gasteiger partial charge >= 0.3 is 0 Å². The lowest BCUT2D eigenvalue weighted by Crippen LogP contribution is -2.40. The second kappa shape index (κ2) is 9.75. The van der Waals surface area contributed by atoms with Crippen LogP contribution in [0.25, 0.3) is 5.65 Å². The summed E-state index contributed by atoms with van der Waals surface area (Å²) in [7, 11) is 0. The van der Waals surface area contributed by atoms with Crippen LogP contribution in [0, 0.1) is 5.41 Å². The number of carbonyl (C=O) groups excluding carboxylic acids is 1. The van der Waals surface area contributed by atoms with E-state index in [1.807, 2.05) is 19.9 Å². The highest BCUT2D eigenvalue weighted by Crippen LogP contribution is 2.54. The molecule has 6 rings (SSSR count). The van der Waals surface area contributed by atoms with Gasteiger partial charge in [-0.2, -0.15) is 14.6 Å². The third-order valence-corrected chi connectivity index (χ3v) is 7.66. The predicted molar refractivity (Wildman–Crippen MR) is 140 cm³/mol. The Morgan fingerprint density at radius 2 is 1.65 bits per heavy atom. The highest BCUT2D eigenvalue weighted by Gasteiger charge is 2.44. The van der Waals surface area contributed by atoms with Gasteiger partial charge in [0.1, 0.15) is 12.1 Å². The van der Waals surface area contributed by atoms with E-state index in [-0.39, 0.29) is 31.8 Å². The van der Waals surface area contributed by atoms with Gasteiger partial charge in [0.15, 0.2) is 5.65 Å². The zero-order chi connectivity index (χ0) is 26.2. The molecule has 2 saturated heterocycles. The molecule has 3 aliphatic rings. The lowest BCUT2D eigenvalue weighted by Gasteiger charge is -2.35. The van der Waals surface area contributed by atoms with Gasteiger partial charge in [-0.3, -0.25) is 4.79 Å². The lowest BCUT2D eigenvalue weighted by molar-refractivity contribution is -0.0223. The number of nitrogens with one attached hydrogen (secondary N) is 1. The van der Waals surface area contributed by atoms with E-state index in [4.69, 9.17) is 5.73 Å². The summed E-state index contributed by atoms with van der Waals surface area (Å²) < 4.78 is 28.9. The first-order chi connectivity index (χ1) is 17.8. The number of hydrogen-bond acceptors (Lipinski definition) is 7. The highest BCUT2D eigenvalue weighted by molar-refractivity contribution is 6.08. The number of rotatable bonds is 4. The maximum absolute atomic E-state index is 13.7. The second-order valence-corrected chi connectivity index (χ2v) is 10.0. The number of piperidine rings is 2. The number of alkyl halides is 2. The Balaban J connectivity index is 0.00000137. The normalized spacial score (nSPS) is 19.9. The fraction of sp³-hybridized carbons (Fsp3) is 0.538. The number of halogens is 2. The van der Waals surface area contributed by atoms with Gasteiger partial charge in [0, 0.05) is 50.8 Å². The largest absolute Gasteiger partial charge is 0.399 e. The van der Waals surface area contributed by atoms with Crippen molar-refractivity contribution in [2.75, 3.05) is 47.0 Å². The number of fused-ring (bicyclic) bond motifs is 1. The Morgan fingerprint density at radius 1 is 0.973 bits per heavy atom. The number of hydrogen-bond donors (Lipinski definition) is 2. The summed E-state index contributed by atoms with van der Waals surface area (Å²) in [6.07, 6.45) is 5.74. The number of aromatic nitrogens is 4. The fourth-order valence-electron chi connectivity index (χ4n) is 5.20. The first-order valence-corrected chi connectivity index (χ1v) is 13.1. The van der Waals surface area contributed by atoms with Gasteiger partial charge in [-0.25, -0.2) is 13.8 Å². The summed E-state index contributed by atoms with van der Waals surface area (Å²) in [4.78, 5) is 26.2. The Labute approximate surface area is 215 Å². The molecule has 2 aromatic heterocycles. The number of anilines is 4. The second-order valence-electron chi connectivity index (χ2n) is 10.0. The van der Waals surface area contributed by atoms with Gasteiger partial charge in [-0.1, -0.05) is 13.8 Å². The lowest BCUT2D eigenvalue weighted by atomic mass is 9.93. The summed E-state index contributed by atoms with van der Waals surface area (Å²) in [6, 6.07) is 6.94. The molecule has 1 aliphatic carbocycles. The summed E-state index contributed by atoms with van der Waals surface area (Å²) in [5.74, 6) is -2.31. The van der Waals surface area contributed by atoms with Gasteiger partial charge in [-0.05, 0) is 49.3 Å². The number of nitrogen functional groups attached to an aromatic ring is 1. The summed E-state index contributed by atoms with van der Waals surface area (Å²) in [5.41, 5.74) is 9.02. The molecule has 4 heterocycles. The average molecular weight is 513 g/mol. The summed E-state index contributed by atoms with van der Waals surface area (Å²) in [5, 5.41) is 7.08. The van der Waals surface area contributed by atoms with Crippen LogP contribution in [-0.2, 0) is 0 Å². The average Bonchev–Trinajstić information content (AvgIpc) is 3.47. The van der Waals surface area contributed by atoms with Crippen LogP contribution >= 0.6 is 0 Å². The maximum Gasteiger partial charge on any atom is 0.258 e. The molecule has 1 saturated carbocycles. The van der Waals surface area contributed by atoms with Crippen LogP contribution in [0.4, 0.5) is 31.9 Å². The quantitative estimate of drug-likeness (QED) is 0.492. The molecule has 3 aromatic rings. The molecule has 0 radical (unpaired) electrons. The smallest absolute Gasteiger partial charge is 0.258 e. The Bertz CT molecular complexity index is 1270. The number of benzene rings is 1. The molecule has 11 heteroatoms. The molecule has 9 nitrogen and oxygen atoms in total. The van der Waals surface area contributed by atoms with Crippen LogP contribution < -0.4 is 20.9 Å². The minimum absolute atomic E-state index is 0.144. The molecular weight excluding hydrogens is 478 g/mol. The molecule has 37 heavy (non-hydrogen) atoms. The molecule has 1 amide bonds. The summed E-state index contributed by atoms with van der Waals surface area (Å²) >= 11 is 0. The van der Waals surface area contributed by atoms with Crippen LogP contribution in [0.2, 0.25) is 0 Å². The zero-order valence-corrected chi connectivity index (χ0v) is 21.4. The number of nitrogens with two attached hydrogens (primary N) is 1. The Kier molecular flexibility index (Phi) is 6.63. The topological polar surface area (TPSA) is 105 Å². The van der Waals surface area contributed by atoms with Gasteiger partial charge in [-0.15, -0.1) is 0 Å². The molecule has 1 aromatic carbocycles. The molecule has 3 N–H and O–H groups in total. The fourth-order valence-corrected chi connectivity index (χ4v) is 5.20. The van der Waals surface area contributed by atoms with Crippen molar-refractivity contribution in [3.05, 3.63) is 36.2 Å². The van der Waals surface area contributed by atoms with Gasteiger partial charge in [0.05, 0.1) is 11.3 Å². The van der Waals surface area contributed by atoms with Crippen LogP contribution in [0.15, 0.2) is 30.6 Å². The van der Waals surface area contributed by atoms with Crippen molar-refractivity contribution in [1.29, 1.82) is 0 Å². The predicted octanol–water partition coefficient (Wildman–Crippen LogP) is 4.60. The third-order valence-electron chi connectivity index (χ3n) is 7.66. The number of nitrogens with zero attached hydrogens (tertiary/aromatic N) is 6. The number of carbonyl (C=O) groups is 1. The van der Waals surface area contributed by atoms with Gasteiger partial charge in [0.2, 0.25) is 5.95 Å². The van der Waals surface area contributed by atoms with Gasteiger partial charge in [0.25, 0.3) is 11.8 Å². The molecule has 3 fully saturated rings. The van der Waals surface area contributed by atoms with Crippen LogP contribution in [0.3, 0.4) is 0 Å². The van der Waals surface area contributed by atoms with E-state index in [1.165, 1.54) is 23.7 Å². The third kappa shape index (κ3) is 5.17. The first kappa shape index (κ1) is 25.2. The maximum atomic E-state index is 13.7. The molecule has 1 spiro atoms. The van der Waals surface area contributed by atoms with E-state index in [0.717, 1.165) is 31.6 Å². The van der Waals surface area contributed by atoms with E-state index in [0.29, 0.717) is 34.1 Å². The molecule has 0 unspecified atom stereocenters. The van der Waals surface area contributed by atoms with Crippen molar-refractivity contribution in [2.45, 2.75) is 58.3 Å². The van der Waals surface area contributed by atoms with Gasteiger partial charge < -0.3 is 20.9 Å². The molecule has 2 aliphatic heterocycles. The molecule has 0 bridgehead atoms. The Hall–Kier alpha value is -3.50. The van der Waals surface area contributed by atoms with E-state index >= 15 is 0 Å². The monoisotopic (exact) mass is 512 g/mol. The van der Waals surface area contributed by atoms with E-state index in [9.17, 15) is 13.6 Å². The standard InChI is InChI=1S/C24H28F2N8O.C2H6/c25-24(26)7-11-33(12-8-24)22-31-19(14-20-28-15-29-34(20)22)30-21(35)17-2-1-16(27)13-18(17)32-9-5-23(3-4-23)6-10-32;1-2/h1-2,13-15H,3-12,27H2,(H,30,35);1-2H3. The molecule has 198 valence electrons. The molecule has 0 atom stereocenters.